The van der Waals surface area contributed by atoms with E-state index >= 15 is 0 Å². The van der Waals surface area contributed by atoms with Gasteiger partial charge in [0.25, 0.3) is 0 Å². The minimum atomic E-state index is 0.375. The zero-order chi connectivity index (χ0) is 11.5. The molecule has 0 spiro atoms. The number of rotatable bonds is 2. The zero-order valence-electron chi connectivity index (χ0n) is 10.5. The number of carbonyl (C=O) groups excluding carboxylic acids is 1. The van der Waals surface area contributed by atoms with Gasteiger partial charge in [0.15, 0.2) is 0 Å². The maximum absolute atomic E-state index is 12.2. The molecule has 0 bridgehead atoms. The van der Waals surface area contributed by atoms with E-state index in [0.29, 0.717) is 17.9 Å². The predicted octanol–water partition coefficient (Wildman–Crippen LogP) is 1.63. The van der Waals surface area contributed by atoms with E-state index in [-0.39, 0.29) is 0 Å². The number of piperazine rings is 1. The monoisotopic (exact) mass is 224 g/mol. The van der Waals surface area contributed by atoms with Crippen molar-refractivity contribution in [2.24, 2.45) is 11.8 Å². The first-order chi connectivity index (χ1) is 7.66. The lowest BCUT2D eigenvalue weighted by molar-refractivity contribution is -0.134. The molecule has 0 aromatic carbocycles. The third-order valence-electron chi connectivity index (χ3n) is 4.09. The van der Waals surface area contributed by atoms with Crippen LogP contribution < -0.4 is 5.32 Å². The van der Waals surface area contributed by atoms with E-state index in [4.69, 9.17) is 0 Å². The fraction of sp³-hybridized carbons (Fsp3) is 0.923. The second-order valence-corrected chi connectivity index (χ2v) is 5.63. The third kappa shape index (κ3) is 2.76. The molecule has 1 amide bonds. The number of amides is 1. The first-order valence-corrected chi connectivity index (χ1v) is 6.67. The summed E-state index contributed by atoms with van der Waals surface area (Å²) in [6.07, 6.45) is 4.61. The lowest BCUT2D eigenvalue weighted by Crippen LogP contribution is -2.52. The van der Waals surface area contributed by atoms with Crippen molar-refractivity contribution in [2.45, 2.75) is 45.6 Å². The summed E-state index contributed by atoms with van der Waals surface area (Å²) in [6, 6.07) is 0.375. The second-order valence-electron chi connectivity index (χ2n) is 5.63. The van der Waals surface area contributed by atoms with Gasteiger partial charge in [-0.15, -0.1) is 0 Å². The van der Waals surface area contributed by atoms with Gasteiger partial charge in [0.2, 0.25) is 5.91 Å². The van der Waals surface area contributed by atoms with Crippen LogP contribution >= 0.6 is 0 Å². The van der Waals surface area contributed by atoms with Crippen molar-refractivity contribution >= 4 is 5.91 Å². The van der Waals surface area contributed by atoms with Gasteiger partial charge in [0.1, 0.15) is 0 Å². The van der Waals surface area contributed by atoms with Crippen molar-refractivity contribution in [3.05, 3.63) is 0 Å². The molecule has 0 aromatic rings. The molecule has 16 heavy (non-hydrogen) atoms. The third-order valence-corrected chi connectivity index (χ3v) is 4.09. The fourth-order valence-electron chi connectivity index (χ4n) is 3.09. The van der Waals surface area contributed by atoms with Gasteiger partial charge < -0.3 is 10.2 Å². The molecule has 3 atom stereocenters. The van der Waals surface area contributed by atoms with Crippen LogP contribution in [0.2, 0.25) is 0 Å². The van der Waals surface area contributed by atoms with Gasteiger partial charge in [-0.2, -0.15) is 0 Å². The highest BCUT2D eigenvalue weighted by Gasteiger charge is 2.28. The van der Waals surface area contributed by atoms with Gasteiger partial charge in [0.05, 0.1) is 0 Å². The average Bonchev–Trinajstić information content (AvgIpc) is 2.64. The molecular weight excluding hydrogens is 200 g/mol. The molecule has 1 aliphatic heterocycles. The molecule has 2 fully saturated rings. The molecule has 0 aromatic heterocycles. The Bertz CT molecular complexity index is 254. The molecule has 1 N–H and O–H groups in total. The Morgan fingerprint density at radius 3 is 2.81 bits per heavy atom. The Hall–Kier alpha value is -0.570. The quantitative estimate of drug-likeness (QED) is 0.773. The van der Waals surface area contributed by atoms with Crippen molar-refractivity contribution < 1.29 is 4.79 Å². The fourth-order valence-corrected chi connectivity index (χ4v) is 3.09. The van der Waals surface area contributed by atoms with E-state index in [1.54, 1.807) is 0 Å². The topological polar surface area (TPSA) is 32.3 Å². The van der Waals surface area contributed by atoms with E-state index in [1.165, 1.54) is 19.3 Å². The van der Waals surface area contributed by atoms with Crippen LogP contribution in [0.15, 0.2) is 0 Å². The van der Waals surface area contributed by atoms with Crippen molar-refractivity contribution in [3.63, 3.8) is 0 Å². The molecule has 1 saturated carbocycles. The minimum absolute atomic E-state index is 0.375. The Balaban J connectivity index is 1.82. The second kappa shape index (κ2) is 5.17. The smallest absolute Gasteiger partial charge is 0.223 e. The highest BCUT2D eigenvalue weighted by Crippen LogP contribution is 2.33. The number of nitrogens with one attached hydrogen (secondary N) is 1. The summed E-state index contributed by atoms with van der Waals surface area (Å²) >= 11 is 0. The van der Waals surface area contributed by atoms with Crippen molar-refractivity contribution in [1.29, 1.82) is 0 Å². The van der Waals surface area contributed by atoms with E-state index < -0.39 is 0 Å². The van der Waals surface area contributed by atoms with Gasteiger partial charge in [-0.1, -0.05) is 13.3 Å². The molecule has 1 heterocycles. The molecular formula is C13H24N2O. The van der Waals surface area contributed by atoms with Crippen LogP contribution in [-0.4, -0.2) is 36.5 Å². The number of hydrogen-bond acceptors (Lipinski definition) is 2. The molecule has 2 aliphatic rings. The maximum atomic E-state index is 12.2. The summed E-state index contributed by atoms with van der Waals surface area (Å²) in [7, 11) is 0. The molecule has 2 unspecified atom stereocenters. The molecule has 3 nitrogen and oxygen atoms in total. The van der Waals surface area contributed by atoms with Crippen LogP contribution in [0.4, 0.5) is 0 Å². The van der Waals surface area contributed by atoms with Crippen LogP contribution in [0.3, 0.4) is 0 Å². The van der Waals surface area contributed by atoms with Crippen LogP contribution in [-0.2, 0) is 4.79 Å². The molecule has 2 rings (SSSR count). The zero-order valence-corrected chi connectivity index (χ0v) is 10.5. The average molecular weight is 224 g/mol. The summed E-state index contributed by atoms with van der Waals surface area (Å²) in [5.41, 5.74) is 0. The molecule has 92 valence electrons. The first-order valence-electron chi connectivity index (χ1n) is 6.67. The SMILES string of the molecule is CC1CCC(CC(=O)N2CCNC[C@H]2C)C1. The normalized spacial score (nSPS) is 35.4. The van der Waals surface area contributed by atoms with E-state index in [2.05, 4.69) is 24.1 Å². The highest BCUT2D eigenvalue weighted by molar-refractivity contribution is 5.77. The lowest BCUT2D eigenvalue weighted by Gasteiger charge is -2.34. The summed E-state index contributed by atoms with van der Waals surface area (Å²) in [4.78, 5) is 14.2. The Morgan fingerprint density at radius 2 is 2.19 bits per heavy atom. The van der Waals surface area contributed by atoms with Crippen LogP contribution in [0.1, 0.15) is 39.5 Å². The number of carbonyl (C=O) groups is 1. The van der Waals surface area contributed by atoms with E-state index in [0.717, 1.165) is 32.0 Å². The number of hydrogen-bond donors (Lipinski definition) is 1. The summed E-state index contributed by atoms with van der Waals surface area (Å²) < 4.78 is 0. The van der Waals surface area contributed by atoms with Gasteiger partial charge in [-0.3, -0.25) is 4.79 Å². The highest BCUT2D eigenvalue weighted by atomic mass is 16.2. The maximum Gasteiger partial charge on any atom is 0.223 e. The first kappa shape index (κ1) is 11.9. The summed E-state index contributed by atoms with van der Waals surface area (Å²) in [5.74, 6) is 1.87. The summed E-state index contributed by atoms with van der Waals surface area (Å²) in [5, 5.41) is 3.33. The standard InChI is InChI=1S/C13H24N2O/c1-10-3-4-12(7-10)8-13(16)15-6-5-14-9-11(15)2/h10-12,14H,3-9H2,1-2H3/t10?,11-,12?/m1/s1. The van der Waals surface area contributed by atoms with Crippen molar-refractivity contribution in [1.82, 2.24) is 10.2 Å². The van der Waals surface area contributed by atoms with E-state index in [9.17, 15) is 4.79 Å². The van der Waals surface area contributed by atoms with Crippen LogP contribution in [0, 0.1) is 11.8 Å². The Morgan fingerprint density at radius 1 is 1.38 bits per heavy atom. The number of nitrogens with zero attached hydrogens (tertiary/aromatic N) is 1. The molecule has 1 saturated heterocycles. The lowest BCUT2D eigenvalue weighted by atomic mass is 10.0. The van der Waals surface area contributed by atoms with Gasteiger partial charge in [-0.05, 0) is 31.6 Å². The minimum Gasteiger partial charge on any atom is -0.337 e. The molecule has 3 heteroatoms. The largest absolute Gasteiger partial charge is 0.337 e. The molecule has 0 radical (unpaired) electrons. The van der Waals surface area contributed by atoms with E-state index in [1.807, 2.05) is 0 Å². The summed E-state index contributed by atoms with van der Waals surface area (Å²) in [6.45, 7) is 7.24. The van der Waals surface area contributed by atoms with Gasteiger partial charge in [-0.25, -0.2) is 0 Å². The Kier molecular flexibility index (Phi) is 3.85. The predicted molar refractivity (Wildman–Crippen MR) is 65.2 cm³/mol. The van der Waals surface area contributed by atoms with Crippen LogP contribution in [0.5, 0.6) is 0 Å². The van der Waals surface area contributed by atoms with Crippen LogP contribution in [0.25, 0.3) is 0 Å². The Labute approximate surface area is 98.6 Å². The van der Waals surface area contributed by atoms with Crippen molar-refractivity contribution in [3.8, 4) is 0 Å². The van der Waals surface area contributed by atoms with Gasteiger partial charge in [0, 0.05) is 32.1 Å². The van der Waals surface area contributed by atoms with Gasteiger partial charge >= 0.3 is 0 Å². The van der Waals surface area contributed by atoms with Crippen molar-refractivity contribution in [2.75, 3.05) is 19.6 Å². The molecule has 1 aliphatic carbocycles.